The van der Waals surface area contributed by atoms with E-state index in [1.54, 1.807) is 41.4 Å². The number of pyridine rings is 1. The Bertz CT molecular complexity index is 1550. The van der Waals surface area contributed by atoms with E-state index in [-0.39, 0.29) is 11.3 Å². The first-order chi connectivity index (χ1) is 19.1. The molecule has 4 rings (SSSR count). The number of hydrogen-bond donors (Lipinski definition) is 0. The van der Waals surface area contributed by atoms with E-state index < -0.39 is 5.97 Å². The number of rotatable bonds is 6. The van der Waals surface area contributed by atoms with Crippen LogP contribution in [-0.4, -0.2) is 24.0 Å². The summed E-state index contributed by atoms with van der Waals surface area (Å²) in [5.74, 6) is 0.0668. The largest absolute Gasteiger partial charge is 0.465 e. The molecular formula is C33H34ClN3O3. The molecule has 0 radical (unpaired) electrons. The van der Waals surface area contributed by atoms with Gasteiger partial charge in [-0.15, -0.1) is 0 Å². The molecule has 1 aromatic heterocycles. The maximum Gasteiger partial charge on any atom is 0.337 e. The van der Waals surface area contributed by atoms with E-state index in [2.05, 4.69) is 11.1 Å². The number of carbonyl (C=O) groups excluding carboxylic acids is 2. The van der Waals surface area contributed by atoms with E-state index >= 15 is 0 Å². The molecule has 40 heavy (non-hydrogen) atoms. The van der Waals surface area contributed by atoms with Crippen molar-refractivity contribution >= 4 is 40.1 Å². The highest BCUT2D eigenvalue weighted by Crippen LogP contribution is 2.31. The zero-order chi connectivity index (χ0) is 29.4. The van der Waals surface area contributed by atoms with Crippen LogP contribution in [0, 0.1) is 16.7 Å². The van der Waals surface area contributed by atoms with Crippen molar-refractivity contribution in [1.82, 2.24) is 4.98 Å². The lowest BCUT2D eigenvalue weighted by Gasteiger charge is -2.27. The SMILES string of the molecule is CC.COC(=O)c1ccc2c(N(Cc3ccc(-c4ccc(Cl)c(C#N)c4)cc3)C(=O)CC(C)(C)C)nccc2c1. The van der Waals surface area contributed by atoms with Crippen molar-refractivity contribution in [2.75, 3.05) is 12.0 Å². The molecule has 1 amide bonds. The molecular weight excluding hydrogens is 522 g/mol. The molecule has 1 heterocycles. The van der Waals surface area contributed by atoms with Crippen LogP contribution in [0.1, 0.15) is 62.5 Å². The molecule has 6 nitrogen and oxygen atoms in total. The molecule has 7 heteroatoms. The van der Waals surface area contributed by atoms with Gasteiger partial charge in [0.05, 0.1) is 29.8 Å². The van der Waals surface area contributed by atoms with Crippen molar-refractivity contribution in [3.05, 3.63) is 94.6 Å². The number of anilines is 1. The number of carbonyl (C=O) groups is 2. The molecule has 0 aliphatic rings. The second-order valence-electron chi connectivity index (χ2n) is 10.3. The summed E-state index contributed by atoms with van der Waals surface area (Å²) in [6.07, 6.45) is 1.98. The van der Waals surface area contributed by atoms with Gasteiger partial charge in [0.2, 0.25) is 5.91 Å². The standard InChI is InChI=1S/C31H28ClN3O3.C2H6/c1-31(2,3)17-28(36)35(29-26-11-9-24(30(37)38-4)16-23(26)13-14-34-29)19-20-5-7-21(8-6-20)22-10-12-27(32)25(15-22)18-33;1-2/h5-16H,17,19H2,1-4H3;1-2H3. The van der Waals surface area contributed by atoms with Crippen LogP contribution in [0.3, 0.4) is 0 Å². The van der Waals surface area contributed by atoms with Crippen molar-refractivity contribution in [3.63, 3.8) is 0 Å². The van der Waals surface area contributed by atoms with Crippen LogP contribution in [0.2, 0.25) is 5.02 Å². The summed E-state index contributed by atoms with van der Waals surface area (Å²) in [5.41, 5.74) is 3.39. The van der Waals surface area contributed by atoms with Crippen LogP contribution in [0.5, 0.6) is 0 Å². The highest BCUT2D eigenvalue weighted by atomic mass is 35.5. The number of nitriles is 1. The number of benzene rings is 3. The minimum absolute atomic E-state index is 0.0463. The van der Waals surface area contributed by atoms with Gasteiger partial charge in [-0.2, -0.15) is 5.26 Å². The minimum atomic E-state index is -0.423. The van der Waals surface area contributed by atoms with E-state index in [9.17, 15) is 14.9 Å². The zero-order valence-electron chi connectivity index (χ0n) is 23.8. The Kier molecular flexibility index (Phi) is 10.0. The molecule has 4 aromatic rings. The zero-order valence-corrected chi connectivity index (χ0v) is 24.5. The predicted octanol–water partition coefficient (Wildman–Crippen LogP) is 8.21. The van der Waals surface area contributed by atoms with E-state index in [4.69, 9.17) is 16.3 Å². The first-order valence-corrected chi connectivity index (χ1v) is 13.5. The number of aromatic nitrogens is 1. The van der Waals surface area contributed by atoms with Gasteiger partial charge >= 0.3 is 5.97 Å². The Labute approximate surface area is 241 Å². The average Bonchev–Trinajstić information content (AvgIpc) is 2.95. The molecule has 0 saturated carbocycles. The molecule has 206 valence electrons. The van der Waals surface area contributed by atoms with E-state index in [1.807, 2.05) is 71.0 Å². The van der Waals surface area contributed by atoms with Gasteiger partial charge in [0, 0.05) is 18.0 Å². The highest BCUT2D eigenvalue weighted by molar-refractivity contribution is 6.31. The van der Waals surface area contributed by atoms with E-state index in [0.29, 0.717) is 34.9 Å². The number of amides is 1. The number of esters is 1. The average molecular weight is 556 g/mol. The molecule has 0 unspecified atom stereocenters. The van der Waals surface area contributed by atoms with Gasteiger partial charge in [-0.05, 0) is 63.9 Å². The maximum atomic E-state index is 13.6. The van der Waals surface area contributed by atoms with Gasteiger partial charge in [0.1, 0.15) is 11.9 Å². The summed E-state index contributed by atoms with van der Waals surface area (Å²) in [6, 6.07) is 22.4. The lowest BCUT2D eigenvalue weighted by Crippen LogP contribution is -2.34. The second kappa shape index (κ2) is 13.2. The second-order valence-corrected chi connectivity index (χ2v) is 10.7. The summed E-state index contributed by atoms with van der Waals surface area (Å²) >= 11 is 6.08. The van der Waals surface area contributed by atoms with Crippen LogP contribution in [0.15, 0.2) is 72.9 Å². The number of ether oxygens (including phenoxy) is 1. The molecule has 0 spiro atoms. The summed E-state index contributed by atoms with van der Waals surface area (Å²) in [4.78, 5) is 31.9. The lowest BCUT2D eigenvalue weighted by molar-refractivity contribution is -0.120. The molecule has 0 saturated heterocycles. The monoisotopic (exact) mass is 555 g/mol. The number of fused-ring (bicyclic) bond motifs is 1. The van der Waals surface area contributed by atoms with Crippen molar-refractivity contribution in [1.29, 1.82) is 5.26 Å². The van der Waals surface area contributed by atoms with Crippen LogP contribution < -0.4 is 4.90 Å². The van der Waals surface area contributed by atoms with Gasteiger partial charge in [-0.25, -0.2) is 9.78 Å². The fourth-order valence-corrected chi connectivity index (χ4v) is 4.39. The maximum absolute atomic E-state index is 13.6. The summed E-state index contributed by atoms with van der Waals surface area (Å²) < 4.78 is 4.85. The minimum Gasteiger partial charge on any atom is -0.465 e. The Balaban J connectivity index is 0.00000216. The van der Waals surface area contributed by atoms with Crippen molar-refractivity contribution < 1.29 is 14.3 Å². The molecule has 0 aliphatic carbocycles. The van der Waals surface area contributed by atoms with E-state index in [1.165, 1.54) is 7.11 Å². The van der Waals surface area contributed by atoms with Gasteiger partial charge in [0.15, 0.2) is 0 Å². The van der Waals surface area contributed by atoms with Crippen molar-refractivity contribution in [2.24, 2.45) is 5.41 Å². The highest BCUT2D eigenvalue weighted by Gasteiger charge is 2.25. The number of methoxy groups -OCH3 is 1. The fraction of sp³-hybridized carbons (Fsp3) is 0.273. The smallest absolute Gasteiger partial charge is 0.337 e. The van der Waals surface area contributed by atoms with Crippen LogP contribution in [-0.2, 0) is 16.1 Å². The summed E-state index contributed by atoms with van der Waals surface area (Å²) in [5, 5.41) is 11.3. The van der Waals surface area contributed by atoms with Gasteiger partial charge < -0.3 is 4.74 Å². The fourth-order valence-electron chi connectivity index (χ4n) is 4.23. The molecule has 3 aromatic carbocycles. The van der Waals surface area contributed by atoms with Gasteiger partial charge in [-0.1, -0.05) is 76.6 Å². The lowest BCUT2D eigenvalue weighted by atomic mass is 9.91. The Morgan fingerprint density at radius 3 is 2.27 bits per heavy atom. The first-order valence-electron chi connectivity index (χ1n) is 13.2. The topological polar surface area (TPSA) is 83.3 Å². The van der Waals surface area contributed by atoms with Crippen LogP contribution >= 0.6 is 11.6 Å². The third kappa shape index (κ3) is 7.25. The van der Waals surface area contributed by atoms with Crippen molar-refractivity contribution in [3.8, 4) is 17.2 Å². The molecule has 0 bridgehead atoms. The number of hydrogen-bond acceptors (Lipinski definition) is 5. The molecule has 0 fully saturated rings. The Morgan fingerprint density at radius 2 is 1.65 bits per heavy atom. The normalized spacial score (nSPS) is 10.8. The third-order valence-electron chi connectivity index (χ3n) is 6.12. The third-order valence-corrected chi connectivity index (χ3v) is 6.45. The predicted molar refractivity (Wildman–Crippen MR) is 161 cm³/mol. The van der Waals surface area contributed by atoms with Crippen LogP contribution in [0.4, 0.5) is 5.82 Å². The Morgan fingerprint density at radius 1 is 0.975 bits per heavy atom. The summed E-state index contributed by atoms with van der Waals surface area (Å²) in [6.45, 7) is 10.4. The Hall–Kier alpha value is -4.21. The molecule has 0 N–H and O–H groups in total. The molecule has 0 aliphatic heterocycles. The molecule has 0 atom stereocenters. The van der Waals surface area contributed by atoms with Gasteiger partial charge in [-0.3, -0.25) is 9.69 Å². The quantitative estimate of drug-likeness (QED) is 0.224. The summed E-state index contributed by atoms with van der Waals surface area (Å²) in [7, 11) is 1.35. The van der Waals surface area contributed by atoms with Crippen LogP contribution in [0.25, 0.3) is 21.9 Å². The van der Waals surface area contributed by atoms with Gasteiger partial charge in [0.25, 0.3) is 0 Å². The number of nitrogens with zero attached hydrogens (tertiary/aromatic N) is 3. The number of halogens is 1. The van der Waals surface area contributed by atoms with Crippen molar-refractivity contribution in [2.45, 2.75) is 47.6 Å². The van der Waals surface area contributed by atoms with E-state index in [0.717, 1.165) is 27.5 Å². The first kappa shape index (κ1) is 30.3.